The fourth-order valence-corrected chi connectivity index (χ4v) is 10.4. The van der Waals surface area contributed by atoms with Crippen molar-refractivity contribution < 1.29 is 4.42 Å². The summed E-state index contributed by atoms with van der Waals surface area (Å²) in [5, 5.41) is 7.34. The van der Waals surface area contributed by atoms with E-state index in [1.165, 1.54) is 58.8 Å². The molecule has 0 saturated heterocycles. The summed E-state index contributed by atoms with van der Waals surface area (Å²) in [7, 11) is 0. The molecule has 0 unspecified atom stereocenters. The van der Waals surface area contributed by atoms with Crippen molar-refractivity contribution in [3.63, 3.8) is 0 Å². The number of thiophene rings is 1. The molecular formula is C58H37NOS. The lowest BCUT2D eigenvalue weighted by Crippen LogP contribution is -2.11. The summed E-state index contributed by atoms with van der Waals surface area (Å²) in [4.78, 5) is 2.42. The van der Waals surface area contributed by atoms with E-state index >= 15 is 0 Å². The molecule has 2 heterocycles. The minimum atomic E-state index is 0.889. The molecule has 2 aromatic heterocycles. The van der Waals surface area contributed by atoms with Gasteiger partial charge in [-0.2, -0.15) is 0 Å². The molecule has 0 saturated carbocycles. The van der Waals surface area contributed by atoms with Crippen LogP contribution in [0.1, 0.15) is 0 Å². The average molecular weight is 796 g/mol. The second-order valence-corrected chi connectivity index (χ2v) is 16.7. The molecule has 0 radical (unpaired) electrons. The van der Waals surface area contributed by atoms with Crippen molar-refractivity contribution in [3.8, 4) is 44.5 Å². The molecule has 61 heavy (non-hydrogen) atoms. The summed E-state index contributed by atoms with van der Waals surface area (Å²) in [6.07, 6.45) is 0. The minimum Gasteiger partial charge on any atom is -0.456 e. The van der Waals surface area contributed by atoms with Crippen molar-refractivity contribution in [1.82, 2.24) is 0 Å². The van der Waals surface area contributed by atoms with Crippen LogP contribution in [-0.2, 0) is 0 Å². The Labute approximate surface area is 357 Å². The Bertz CT molecular complexity index is 3590. The molecule has 10 aromatic carbocycles. The Morgan fingerprint density at radius 1 is 0.328 bits per heavy atom. The van der Waals surface area contributed by atoms with Crippen molar-refractivity contribution in [3.05, 3.63) is 224 Å². The molecule has 12 rings (SSSR count). The van der Waals surface area contributed by atoms with E-state index in [0.717, 1.165) is 55.7 Å². The zero-order valence-corrected chi connectivity index (χ0v) is 33.9. The largest absolute Gasteiger partial charge is 0.456 e. The van der Waals surface area contributed by atoms with E-state index in [1.54, 1.807) is 0 Å². The molecule has 0 aliphatic rings. The lowest BCUT2D eigenvalue weighted by molar-refractivity contribution is 0.669. The van der Waals surface area contributed by atoms with Gasteiger partial charge in [-0.15, -0.1) is 11.3 Å². The Kier molecular flexibility index (Phi) is 8.39. The number of nitrogens with zero attached hydrogens (tertiary/aromatic N) is 1. The van der Waals surface area contributed by atoms with Crippen LogP contribution in [0.5, 0.6) is 0 Å². The monoisotopic (exact) mass is 795 g/mol. The maximum absolute atomic E-state index is 6.36. The highest BCUT2D eigenvalue weighted by Gasteiger charge is 2.21. The van der Waals surface area contributed by atoms with Crippen LogP contribution >= 0.6 is 11.3 Å². The molecule has 0 N–H and O–H groups in total. The first-order chi connectivity index (χ1) is 30.2. The topological polar surface area (TPSA) is 16.4 Å². The molecule has 0 fully saturated rings. The minimum absolute atomic E-state index is 0.889. The molecule has 2 nitrogen and oxygen atoms in total. The van der Waals surface area contributed by atoms with Crippen LogP contribution in [0, 0.1) is 0 Å². The Hall–Kier alpha value is -7.72. The van der Waals surface area contributed by atoms with Gasteiger partial charge in [0.05, 0.1) is 5.69 Å². The second-order valence-electron chi connectivity index (χ2n) is 15.6. The number of anilines is 3. The van der Waals surface area contributed by atoms with Gasteiger partial charge in [-0.05, 0) is 110 Å². The summed E-state index contributed by atoms with van der Waals surface area (Å²) in [6.45, 7) is 0. The fourth-order valence-electron chi connectivity index (χ4n) is 9.28. The van der Waals surface area contributed by atoms with Gasteiger partial charge < -0.3 is 9.32 Å². The van der Waals surface area contributed by atoms with Crippen LogP contribution in [0.4, 0.5) is 17.1 Å². The maximum atomic E-state index is 6.36. The molecule has 0 amide bonds. The van der Waals surface area contributed by atoms with E-state index in [4.69, 9.17) is 4.42 Å². The highest BCUT2D eigenvalue weighted by molar-refractivity contribution is 7.25. The normalized spacial score (nSPS) is 11.6. The first-order valence-electron chi connectivity index (χ1n) is 20.7. The number of rotatable bonds is 7. The standard InChI is InChI=1S/C58H37NOS/c1-2-14-38(15-3-1)45-23-11-16-40-17-12-25-50(57(40)45)47-20-4-7-26-52(47)59(43-33-30-39(31-34-43)46-24-13-29-56-58(46)51-22-6-9-28-55(51)61-56)44-19-10-18-41(36-44)42-32-35-49-48-21-5-8-27-53(48)60-54(49)37-42/h1-37H. The van der Waals surface area contributed by atoms with E-state index in [-0.39, 0.29) is 0 Å². The zero-order valence-electron chi connectivity index (χ0n) is 33.1. The predicted octanol–water partition coefficient (Wildman–Crippen LogP) is 17.2. The molecular weight excluding hydrogens is 759 g/mol. The van der Waals surface area contributed by atoms with Gasteiger partial charge in [0.25, 0.3) is 0 Å². The van der Waals surface area contributed by atoms with E-state index in [2.05, 4.69) is 217 Å². The lowest BCUT2D eigenvalue weighted by atomic mass is 9.90. The van der Waals surface area contributed by atoms with Crippen LogP contribution in [0.25, 0.3) is 97.4 Å². The second kappa shape index (κ2) is 14.5. The first-order valence-corrected chi connectivity index (χ1v) is 21.6. The quantitative estimate of drug-likeness (QED) is 0.160. The van der Waals surface area contributed by atoms with Gasteiger partial charge in [-0.1, -0.05) is 164 Å². The molecule has 286 valence electrons. The van der Waals surface area contributed by atoms with Gasteiger partial charge in [0, 0.05) is 47.9 Å². The van der Waals surface area contributed by atoms with Gasteiger partial charge in [0.1, 0.15) is 11.2 Å². The molecule has 0 bridgehead atoms. The van der Waals surface area contributed by atoms with Crippen molar-refractivity contribution >= 4 is 81.3 Å². The van der Waals surface area contributed by atoms with Crippen LogP contribution in [0.2, 0.25) is 0 Å². The highest BCUT2D eigenvalue weighted by atomic mass is 32.1. The van der Waals surface area contributed by atoms with Crippen LogP contribution in [0.3, 0.4) is 0 Å². The van der Waals surface area contributed by atoms with Crippen LogP contribution in [-0.4, -0.2) is 0 Å². The van der Waals surface area contributed by atoms with Gasteiger partial charge in [-0.3, -0.25) is 0 Å². The van der Waals surface area contributed by atoms with Crippen molar-refractivity contribution in [2.24, 2.45) is 0 Å². The molecule has 3 heteroatoms. The molecule has 12 aromatic rings. The number of benzene rings is 10. The Morgan fingerprint density at radius 2 is 0.918 bits per heavy atom. The Balaban J connectivity index is 1.05. The fraction of sp³-hybridized carbons (Fsp3) is 0. The van der Waals surface area contributed by atoms with Crippen molar-refractivity contribution in [2.75, 3.05) is 4.90 Å². The summed E-state index contributed by atoms with van der Waals surface area (Å²) >= 11 is 1.86. The van der Waals surface area contributed by atoms with E-state index in [1.807, 2.05) is 23.5 Å². The maximum Gasteiger partial charge on any atom is 0.136 e. The number of hydrogen-bond acceptors (Lipinski definition) is 3. The van der Waals surface area contributed by atoms with E-state index < -0.39 is 0 Å². The SMILES string of the molecule is c1ccc(-c2cccc3cccc(-c4ccccc4N(c4ccc(-c5cccc6sc7ccccc7c56)cc4)c4cccc(-c5ccc6c(c5)oc5ccccc56)c4)c23)cc1. The summed E-state index contributed by atoms with van der Waals surface area (Å²) in [5.41, 5.74) is 14.5. The number of fused-ring (bicyclic) bond motifs is 7. The van der Waals surface area contributed by atoms with E-state index in [9.17, 15) is 0 Å². The third-order valence-corrected chi connectivity index (χ3v) is 13.2. The van der Waals surface area contributed by atoms with Gasteiger partial charge in [0.2, 0.25) is 0 Å². The van der Waals surface area contributed by atoms with Crippen LogP contribution < -0.4 is 4.90 Å². The van der Waals surface area contributed by atoms with Gasteiger partial charge in [0.15, 0.2) is 0 Å². The van der Waals surface area contributed by atoms with Gasteiger partial charge in [-0.25, -0.2) is 0 Å². The number of para-hydroxylation sites is 2. The summed E-state index contributed by atoms with van der Waals surface area (Å²) in [6, 6.07) is 81.3. The molecule has 0 atom stereocenters. The smallest absolute Gasteiger partial charge is 0.136 e. The van der Waals surface area contributed by atoms with E-state index in [0.29, 0.717) is 0 Å². The molecule has 0 spiro atoms. The third-order valence-electron chi connectivity index (χ3n) is 12.1. The summed E-state index contributed by atoms with van der Waals surface area (Å²) < 4.78 is 8.97. The van der Waals surface area contributed by atoms with Gasteiger partial charge >= 0.3 is 0 Å². The first kappa shape index (κ1) is 35.2. The Morgan fingerprint density at radius 3 is 1.79 bits per heavy atom. The number of furan rings is 1. The number of hydrogen-bond donors (Lipinski definition) is 0. The lowest BCUT2D eigenvalue weighted by Gasteiger charge is -2.29. The summed E-state index contributed by atoms with van der Waals surface area (Å²) in [5.74, 6) is 0. The zero-order chi connectivity index (χ0) is 40.3. The third kappa shape index (κ3) is 6.01. The molecule has 0 aliphatic carbocycles. The average Bonchev–Trinajstić information content (AvgIpc) is 3.90. The highest BCUT2D eigenvalue weighted by Crippen LogP contribution is 2.47. The molecule has 0 aliphatic heterocycles. The van der Waals surface area contributed by atoms with Crippen molar-refractivity contribution in [2.45, 2.75) is 0 Å². The predicted molar refractivity (Wildman–Crippen MR) is 261 cm³/mol. The van der Waals surface area contributed by atoms with Crippen LogP contribution in [0.15, 0.2) is 229 Å². The van der Waals surface area contributed by atoms with Crippen molar-refractivity contribution in [1.29, 1.82) is 0 Å².